The van der Waals surface area contributed by atoms with Gasteiger partial charge < -0.3 is 15.1 Å². The molecule has 2 N–H and O–H groups in total. The highest BCUT2D eigenvalue weighted by Gasteiger charge is 2.08. The molecule has 0 saturated carbocycles. The lowest BCUT2D eigenvalue weighted by molar-refractivity contribution is 0.287. The van der Waals surface area contributed by atoms with Crippen molar-refractivity contribution in [3.05, 3.63) is 72.2 Å². The molecule has 0 aliphatic carbocycles. The molecule has 0 spiro atoms. The first kappa shape index (κ1) is 17.8. The first-order valence-electron chi connectivity index (χ1n) is 8.06. The standard InChI is InChI=1S/C19H26N4O/c1-4-11-21-19(20-2)22-13-16-8-5-6-9-17(16)14-23(3)15-18-10-7-12-24-18/h4-10,12H,1,11,13-15H2,2-3H3,(H2,20,21,22). The van der Waals surface area contributed by atoms with Crippen LogP contribution in [0.4, 0.5) is 0 Å². The summed E-state index contributed by atoms with van der Waals surface area (Å²) < 4.78 is 5.42. The second kappa shape index (κ2) is 9.57. The molecule has 0 fully saturated rings. The zero-order valence-corrected chi connectivity index (χ0v) is 14.5. The van der Waals surface area contributed by atoms with Crippen LogP contribution >= 0.6 is 0 Å². The van der Waals surface area contributed by atoms with Crippen LogP contribution in [0.2, 0.25) is 0 Å². The summed E-state index contributed by atoms with van der Waals surface area (Å²) in [5.41, 5.74) is 2.54. The fourth-order valence-electron chi connectivity index (χ4n) is 2.47. The van der Waals surface area contributed by atoms with Gasteiger partial charge in [0.1, 0.15) is 5.76 Å². The molecule has 0 aliphatic rings. The van der Waals surface area contributed by atoms with Crippen molar-refractivity contribution < 1.29 is 4.42 Å². The molecule has 5 heteroatoms. The molecule has 24 heavy (non-hydrogen) atoms. The Morgan fingerprint density at radius 2 is 1.96 bits per heavy atom. The summed E-state index contributed by atoms with van der Waals surface area (Å²) >= 11 is 0. The molecule has 0 aliphatic heterocycles. The van der Waals surface area contributed by atoms with E-state index in [0.29, 0.717) is 6.54 Å². The molecule has 0 unspecified atom stereocenters. The lowest BCUT2D eigenvalue weighted by Gasteiger charge is -2.18. The molecule has 0 bridgehead atoms. The van der Waals surface area contributed by atoms with E-state index in [0.717, 1.165) is 31.4 Å². The predicted molar refractivity (Wildman–Crippen MR) is 98.7 cm³/mol. The number of aliphatic imine (C=N–C) groups is 1. The molecule has 1 aromatic carbocycles. The SMILES string of the molecule is C=CCNC(=NC)NCc1ccccc1CN(C)Cc1ccco1. The van der Waals surface area contributed by atoms with Crippen LogP contribution in [-0.2, 0) is 19.6 Å². The van der Waals surface area contributed by atoms with Gasteiger partial charge in [0, 0.05) is 26.7 Å². The molecular formula is C19H26N4O. The second-order valence-electron chi connectivity index (χ2n) is 5.62. The molecule has 2 rings (SSSR count). The normalized spacial score (nSPS) is 11.5. The third-order valence-electron chi connectivity index (χ3n) is 3.65. The van der Waals surface area contributed by atoms with Crippen molar-refractivity contribution in [2.75, 3.05) is 20.6 Å². The van der Waals surface area contributed by atoms with Crippen molar-refractivity contribution in [1.82, 2.24) is 15.5 Å². The summed E-state index contributed by atoms with van der Waals surface area (Å²) in [6, 6.07) is 12.4. The molecule has 2 aromatic rings. The van der Waals surface area contributed by atoms with Gasteiger partial charge in [-0.05, 0) is 30.3 Å². The number of benzene rings is 1. The first-order valence-corrected chi connectivity index (χ1v) is 8.06. The van der Waals surface area contributed by atoms with Crippen LogP contribution in [0.5, 0.6) is 0 Å². The minimum absolute atomic E-state index is 0.688. The van der Waals surface area contributed by atoms with Crippen LogP contribution < -0.4 is 10.6 Å². The maximum absolute atomic E-state index is 5.42. The molecule has 0 atom stereocenters. The fourth-order valence-corrected chi connectivity index (χ4v) is 2.47. The highest BCUT2D eigenvalue weighted by molar-refractivity contribution is 5.79. The van der Waals surface area contributed by atoms with Gasteiger partial charge in [-0.2, -0.15) is 0 Å². The van der Waals surface area contributed by atoms with Gasteiger partial charge in [0.15, 0.2) is 5.96 Å². The Balaban J connectivity index is 1.95. The summed E-state index contributed by atoms with van der Waals surface area (Å²) in [4.78, 5) is 6.44. The van der Waals surface area contributed by atoms with Gasteiger partial charge in [-0.15, -0.1) is 6.58 Å². The van der Waals surface area contributed by atoms with Crippen molar-refractivity contribution in [2.45, 2.75) is 19.6 Å². The summed E-state index contributed by atoms with van der Waals surface area (Å²) in [6.07, 6.45) is 3.52. The van der Waals surface area contributed by atoms with Crippen LogP contribution in [0.15, 0.2) is 64.7 Å². The monoisotopic (exact) mass is 326 g/mol. The van der Waals surface area contributed by atoms with E-state index in [4.69, 9.17) is 4.42 Å². The number of rotatable bonds is 8. The lowest BCUT2D eigenvalue weighted by Crippen LogP contribution is -2.37. The second-order valence-corrected chi connectivity index (χ2v) is 5.62. The Morgan fingerprint density at radius 1 is 1.17 bits per heavy atom. The van der Waals surface area contributed by atoms with Crippen LogP contribution in [0.1, 0.15) is 16.9 Å². The average Bonchev–Trinajstić information content (AvgIpc) is 3.09. The van der Waals surface area contributed by atoms with Gasteiger partial charge in [-0.1, -0.05) is 30.3 Å². The van der Waals surface area contributed by atoms with Gasteiger partial charge in [-0.25, -0.2) is 0 Å². The number of furan rings is 1. The van der Waals surface area contributed by atoms with Crippen LogP contribution in [0.3, 0.4) is 0 Å². The number of hydrogen-bond donors (Lipinski definition) is 2. The van der Waals surface area contributed by atoms with Gasteiger partial charge in [-0.3, -0.25) is 9.89 Å². The van der Waals surface area contributed by atoms with E-state index >= 15 is 0 Å². The van der Waals surface area contributed by atoms with Crippen molar-refractivity contribution in [3.8, 4) is 0 Å². The molecular weight excluding hydrogens is 300 g/mol. The number of nitrogens with zero attached hydrogens (tertiary/aromatic N) is 2. The van der Waals surface area contributed by atoms with Crippen molar-refractivity contribution in [2.24, 2.45) is 4.99 Å². The van der Waals surface area contributed by atoms with Crippen molar-refractivity contribution in [3.63, 3.8) is 0 Å². The Morgan fingerprint density at radius 3 is 2.62 bits per heavy atom. The van der Waals surface area contributed by atoms with Crippen LogP contribution in [0.25, 0.3) is 0 Å². The van der Waals surface area contributed by atoms with E-state index in [1.165, 1.54) is 11.1 Å². The van der Waals surface area contributed by atoms with Crippen molar-refractivity contribution in [1.29, 1.82) is 0 Å². The molecule has 0 amide bonds. The highest BCUT2D eigenvalue weighted by atomic mass is 16.3. The number of hydrogen-bond acceptors (Lipinski definition) is 3. The fraction of sp³-hybridized carbons (Fsp3) is 0.316. The molecule has 0 saturated heterocycles. The Bertz CT molecular complexity index is 649. The van der Waals surface area contributed by atoms with Gasteiger partial charge in [0.25, 0.3) is 0 Å². The van der Waals surface area contributed by atoms with Gasteiger partial charge in [0.2, 0.25) is 0 Å². The van der Waals surface area contributed by atoms with Crippen LogP contribution in [0, 0.1) is 0 Å². The summed E-state index contributed by atoms with van der Waals surface area (Å²) in [7, 11) is 3.86. The zero-order chi connectivity index (χ0) is 17.2. The van der Waals surface area contributed by atoms with Gasteiger partial charge >= 0.3 is 0 Å². The zero-order valence-electron chi connectivity index (χ0n) is 14.5. The van der Waals surface area contributed by atoms with E-state index in [9.17, 15) is 0 Å². The topological polar surface area (TPSA) is 52.8 Å². The van der Waals surface area contributed by atoms with E-state index in [2.05, 4.69) is 58.4 Å². The minimum atomic E-state index is 0.688. The van der Waals surface area contributed by atoms with E-state index in [-0.39, 0.29) is 0 Å². The Kier molecular flexibility index (Phi) is 7.11. The maximum atomic E-state index is 5.42. The lowest BCUT2D eigenvalue weighted by atomic mass is 10.1. The molecule has 5 nitrogen and oxygen atoms in total. The molecule has 128 valence electrons. The van der Waals surface area contributed by atoms with E-state index in [1.54, 1.807) is 13.3 Å². The summed E-state index contributed by atoms with van der Waals surface area (Å²) in [6.45, 7) is 6.76. The predicted octanol–water partition coefficient (Wildman–Crippen LogP) is 2.76. The number of guanidine groups is 1. The van der Waals surface area contributed by atoms with Gasteiger partial charge in [0.05, 0.1) is 12.8 Å². The molecule has 1 heterocycles. The third kappa shape index (κ3) is 5.59. The smallest absolute Gasteiger partial charge is 0.191 e. The van der Waals surface area contributed by atoms with Crippen LogP contribution in [-0.4, -0.2) is 31.5 Å². The van der Waals surface area contributed by atoms with Crippen molar-refractivity contribution >= 4 is 5.96 Å². The first-order chi connectivity index (χ1) is 11.7. The molecule has 0 radical (unpaired) electrons. The molecule has 1 aromatic heterocycles. The Hall–Kier alpha value is -2.53. The largest absolute Gasteiger partial charge is 0.468 e. The average molecular weight is 326 g/mol. The maximum Gasteiger partial charge on any atom is 0.191 e. The highest BCUT2D eigenvalue weighted by Crippen LogP contribution is 2.13. The van der Waals surface area contributed by atoms with E-state index in [1.807, 2.05) is 18.2 Å². The van der Waals surface area contributed by atoms with E-state index < -0.39 is 0 Å². The Labute approximate surface area is 144 Å². The minimum Gasteiger partial charge on any atom is -0.468 e. The summed E-state index contributed by atoms with van der Waals surface area (Å²) in [5.74, 6) is 1.75. The number of nitrogens with one attached hydrogen (secondary N) is 2. The quantitative estimate of drug-likeness (QED) is 0.445. The summed E-state index contributed by atoms with van der Waals surface area (Å²) in [5, 5.41) is 6.51. The third-order valence-corrected chi connectivity index (χ3v) is 3.65.